The fourth-order valence-corrected chi connectivity index (χ4v) is 2.36. The van der Waals surface area contributed by atoms with Gasteiger partial charge in [-0.25, -0.2) is 4.39 Å². The molecule has 141 valence electrons. The number of halogens is 1. The summed E-state index contributed by atoms with van der Waals surface area (Å²) < 4.78 is 15.0. The number of fused-ring (bicyclic) bond motifs is 1. The molecule has 0 saturated heterocycles. The van der Waals surface area contributed by atoms with E-state index in [1.54, 1.807) is 45.0 Å². The van der Waals surface area contributed by atoms with Crippen molar-refractivity contribution < 1.29 is 51.8 Å². The molecule has 0 saturated carbocycles. The van der Waals surface area contributed by atoms with Gasteiger partial charge in [-0.3, -0.25) is 9.78 Å². The van der Waals surface area contributed by atoms with Crippen LogP contribution in [0.3, 0.4) is 0 Å². The van der Waals surface area contributed by atoms with Crippen molar-refractivity contribution in [2.24, 2.45) is 0 Å². The molecule has 27 heavy (non-hydrogen) atoms. The smallest absolute Gasteiger partial charge is 0.192 e. The zero-order chi connectivity index (χ0) is 19.9. The zero-order valence-corrected chi connectivity index (χ0v) is 18.9. The Morgan fingerprint density at radius 3 is 2.52 bits per heavy atom. The number of aliphatic hydroxyl groups excluding tert-OH is 1. The maximum atomic E-state index is 15.0. The van der Waals surface area contributed by atoms with Gasteiger partial charge >= 0.3 is 0 Å². The van der Waals surface area contributed by atoms with E-state index in [0.29, 0.717) is 22.1 Å². The van der Waals surface area contributed by atoms with Gasteiger partial charge < -0.3 is 15.2 Å². The Balaban J connectivity index is 0.00000123. The van der Waals surface area contributed by atoms with Gasteiger partial charge in [0.1, 0.15) is 7.85 Å². The summed E-state index contributed by atoms with van der Waals surface area (Å²) in [5.41, 5.74) is -0.497. The van der Waals surface area contributed by atoms with Crippen molar-refractivity contribution in [1.29, 1.82) is 0 Å². The molecular formula is C19H23BFN2O3Y-. The number of carbonyl (C=O) groups is 2. The number of aliphatic hydroxyl groups is 1. The summed E-state index contributed by atoms with van der Waals surface area (Å²) in [7, 11) is 7.05. The molecule has 8 heteroatoms. The van der Waals surface area contributed by atoms with E-state index in [1.165, 1.54) is 7.05 Å². The largest absolute Gasteiger partial charge is 0.656 e. The number of amides is 1. The van der Waals surface area contributed by atoms with Gasteiger partial charge in [0.2, 0.25) is 0 Å². The molecule has 2 rings (SSSR count). The molecule has 0 fully saturated rings. The number of nitrogens with zero attached hydrogens (tertiary/aromatic N) is 2. The Kier molecular flexibility index (Phi) is 11.1. The number of aryl methyl sites for hydroxylation is 1. The Morgan fingerprint density at radius 1 is 1.41 bits per heavy atom. The number of alkyl halides is 1. The van der Waals surface area contributed by atoms with Gasteiger partial charge in [0.15, 0.2) is 12.0 Å². The van der Waals surface area contributed by atoms with E-state index in [-0.39, 0.29) is 63.5 Å². The first kappa shape index (κ1) is 25.8. The van der Waals surface area contributed by atoms with Crippen LogP contribution in [0.2, 0.25) is 0 Å². The number of aromatic nitrogens is 1. The first-order valence-electron chi connectivity index (χ1n) is 8.26. The minimum atomic E-state index is -2.26. The van der Waals surface area contributed by atoms with Crippen LogP contribution in [0.4, 0.5) is 4.39 Å². The molecule has 1 aromatic carbocycles. The summed E-state index contributed by atoms with van der Waals surface area (Å²) in [6.45, 7) is 5.07. The summed E-state index contributed by atoms with van der Waals surface area (Å²) in [6.07, 6.45) is -0.330. The maximum Gasteiger partial charge on any atom is 0.192 e. The Hall–Kier alpha value is -1.17. The van der Waals surface area contributed by atoms with Crippen molar-refractivity contribution >= 4 is 36.4 Å². The van der Waals surface area contributed by atoms with Crippen LogP contribution in [0.5, 0.6) is 0 Å². The normalized spacial score (nSPS) is 12.4. The van der Waals surface area contributed by atoms with Crippen molar-refractivity contribution in [3.8, 4) is 0 Å². The molecule has 0 aliphatic rings. The fraction of sp³-hybridized carbons (Fsp3) is 0.421. The summed E-state index contributed by atoms with van der Waals surface area (Å²) in [5.74, 6) is -0.442. The SMILES string of the molecule is CC(C)O.[B]c1ccc2cc(C(F)(C=O)CCC(=O)[N-]C)c(C)nc2c1.[Y]. The predicted octanol–water partition coefficient (Wildman–Crippen LogP) is 2.40. The topological polar surface area (TPSA) is 81.4 Å². The first-order chi connectivity index (χ1) is 12.1. The number of benzene rings is 1. The third-order valence-electron chi connectivity index (χ3n) is 3.62. The van der Waals surface area contributed by atoms with Crippen molar-refractivity contribution in [1.82, 2.24) is 4.98 Å². The minimum Gasteiger partial charge on any atom is -0.656 e. The van der Waals surface area contributed by atoms with Crippen LogP contribution < -0.4 is 5.46 Å². The average Bonchev–Trinajstić information content (AvgIpc) is 2.58. The van der Waals surface area contributed by atoms with Crippen molar-refractivity contribution in [3.63, 3.8) is 0 Å². The van der Waals surface area contributed by atoms with Gasteiger partial charge in [-0.05, 0) is 45.7 Å². The number of rotatable bonds is 5. The quantitative estimate of drug-likeness (QED) is 0.565. The van der Waals surface area contributed by atoms with Crippen molar-refractivity contribution in [2.45, 2.75) is 45.4 Å². The van der Waals surface area contributed by atoms with Gasteiger partial charge in [-0.2, -0.15) is 0 Å². The molecule has 0 aliphatic heterocycles. The monoisotopic (exact) mass is 446 g/mol. The summed E-state index contributed by atoms with van der Waals surface area (Å²) in [6, 6.07) is 6.67. The van der Waals surface area contributed by atoms with Gasteiger partial charge in [0.05, 0.1) is 11.4 Å². The van der Waals surface area contributed by atoms with E-state index in [0.717, 1.165) is 0 Å². The zero-order valence-electron chi connectivity index (χ0n) is 16.1. The van der Waals surface area contributed by atoms with E-state index in [4.69, 9.17) is 13.0 Å². The van der Waals surface area contributed by atoms with E-state index < -0.39 is 11.6 Å². The molecular weight excluding hydrogens is 423 g/mol. The Morgan fingerprint density at radius 2 is 2.00 bits per heavy atom. The van der Waals surface area contributed by atoms with Crippen LogP contribution in [0.1, 0.15) is 37.9 Å². The molecule has 0 bridgehead atoms. The summed E-state index contributed by atoms with van der Waals surface area (Å²) in [4.78, 5) is 26.9. The van der Waals surface area contributed by atoms with Crippen molar-refractivity contribution in [3.05, 3.63) is 40.8 Å². The molecule has 1 atom stereocenters. The van der Waals surface area contributed by atoms with E-state index in [9.17, 15) is 14.0 Å². The first-order valence-corrected chi connectivity index (χ1v) is 8.26. The molecule has 2 aromatic rings. The summed E-state index contributed by atoms with van der Waals surface area (Å²) in [5, 5.41) is 12.2. The third-order valence-corrected chi connectivity index (χ3v) is 3.62. The van der Waals surface area contributed by atoms with Gasteiger partial charge in [-0.1, -0.05) is 17.6 Å². The standard InChI is InChI=1S/C16H16BFN2O2.C3H8O.Y/c1-10-13(16(18,9-21)6-5-15(22)19-2)7-11-3-4-12(17)8-14(11)20-10;1-3(2)4;/h3-4,7-9H,5-6H2,1-2H3,(H,19,22);3-4H,1-2H3;/p-1. The van der Waals surface area contributed by atoms with Crippen molar-refractivity contribution in [2.75, 3.05) is 7.05 Å². The van der Waals surface area contributed by atoms with Crippen LogP contribution >= 0.6 is 0 Å². The molecule has 1 aromatic heterocycles. The summed E-state index contributed by atoms with van der Waals surface area (Å²) >= 11 is 0. The fourth-order valence-electron chi connectivity index (χ4n) is 2.36. The minimum absolute atomic E-state index is 0. The average molecular weight is 446 g/mol. The second-order valence-electron chi connectivity index (χ2n) is 6.26. The molecule has 3 radical (unpaired) electrons. The number of hydrogen-bond acceptors (Lipinski definition) is 4. The van der Waals surface area contributed by atoms with E-state index in [2.05, 4.69) is 10.3 Å². The van der Waals surface area contributed by atoms with Crippen LogP contribution in [0.25, 0.3) is 16.2 Å². The van der Waals surface area contributed by atoms with Crippen LogP contribution in [0, 0.1) is 6.92 Å². The molecule has 0 aliphatic carbocycles. The second-order valence-corrected chi connectivity index (χ2v) is 6.26. The molecule has 1 heterocycles. The second kappa shape index (κ2) is 11.6. The predicted molar refractivity (Wildman–Crippen MR) is 102 cm³/mol. The Bertz CT molecular complexity index is 786. The van der Waals surface area contributed by atoms with Gasteiger partial charge in [0, 0.05) is 55.5 Å². The van der Waals surface area contributed by atoms with E-state index in [1.807, 2.05) is 0 Å². The number of aldehydes is 1. The molecule has 1 N–H and O–H groups in total. The number of hydrogen-bond donors (Lipinski definition) is 1. The number of carbonyl (C=O) groups excluding carboxylic acids is 2. The Labute approximate surface area is 185 Å². The van der Waals surface area contributed by atoms with Gasteiger partial charge in [0.25, 0.3) is 0 Å². The van der Waals surface area contributed by atoms with Gasteiger partial charge in [-0.15, -0.1) is 7.05 Å². The molecule has 1 amide bonds. The molecule has 5 nitrogen and oxygen atoms in total. The third kappa shape index (κ3) is 7.76. The molecule has 0 spiro atoms. The van der Waals surface area contributed by atoms with Crippen LogP contribution in [-0.2, 0) is 48.0 Å². The number of pyridine rings is 1. The van der Waals surface area contributed by atoms with E-state index >= 15 is 0 Å². The van der Waals surface area contributed by atoms with Crippen LogP contribution in [0.15, 0.2) is 24.3 Å². The molecule has 1 unspecified atom stereocenters. The maximum absolute atomic E-state index is 15.0. The van der Waals surface area contributed by atoms with Crippen LogP contribution in [-0.4, -0.2) is 43.3 Å².